The van der Waals surface area contributed by atoms with Crippen LogP contribution in [-0.4, -0.2) is 20.4 Å². The molecule has 0 aliphatic rings. The third-order valence-corrected chi connectivity index (χ3v) is 6.52. The van der Waals surface area contributed by atoms with Crippen molar-refractivity contribution < 1.29 is 17.9 Å². The molecule has 0 aromatic heterocycles. The number of sulfonamides is 1. The maximum absolute atomic E-state index is 12.7. The number of anilines is 2. The van der Waals surface area contributed by atoms with E-state index in [-0.39, 0.29) is 10.8 Å². The van der Waals surface area contributed by atoms with Crippen molar-refractivity contribution in [1.82, 2.24) is 0 Å². The molecule has 6 nitrogen and oxygen atoms in total. The van der Waals surface area contributed by atoms with Gasteiger partial charge in [0.25, 0.3) is 15.9 Å². The van der Waals surface area contributed by atoms with Crippen molar-refractivity contribution in [3.63, 3.8) is 0 Å². The topological polar surface area (TPSA) is 84.5 Å². The summed E-state index contributed by atoms with van der Waals surface area (Å²) in [6, 6.07) is 18.5. The summed E-state index contributed by atoms with van der Waals surface area (Å²) in [6.45, 7) is 5.47. The average Bonchev–Trinajstić information content (AvgIpc) is 2.76. The van der Waals surface area contributed by atoms with Crippen LogP contribution in [0.5, 0.6) is 5.75 Å². The number of nitrogens with one attached hydrogen (secondary N) is 2. The molecule has 3 aromatic carbocycles. The quantitative estimate of drug-likeness (QED) is 0.458. The molecule has 0 aliphatic heterocycles. The van der Waals surface area contributed by atoms with Gasteiger partial charge in [0.05, 0.1) is 10.6 Å². The van der Waals surface area contributed by atoms with Crippen molar-refractivity contribution in [1.29, 1.82) is 0 Å². The number of ether oxygens (including phenoxy) is 1. The summed E-state index contributed by atoms with van der Waals surface area (Å²) in [4.78, 5) is 12.6. The molecule has 0 fully saturated rings. The van der Waals surface area contributed by atoms with Crippen LogP contribution in [0.3, 0.4) is 0 Å². The van der Waals surface area contributed by atoms with Crippen molar-refractivity contribution in [2.75, 3.05) is 10.0 Å². The van der Waals surface area contributed by atoms with Gasteiger partial charge in [0.2, 0.25) is 0 Å². The number of carbonyl (C=O) groups excluding carboxylic acids is 1. The first-order chi connectivity index (χ1) is 15.2. The van der Waals surface area contributed by atoms with Crippen molar-refractivity contribution in [3.05, 3.63) is 82.9 Å². The third-order valence-electron chi connectivity index (χ3n) is 4.90. The molecule has 3 aromatic rings. The Hall–Kier alpha value is -3.03. The first kappa shape index (κ1) is 23.6. The molecular weight excluding hydrogens is 448 g/mol. The minimum Gasteiger partial charge on any atom is -0.481 e. The van der Waals surface area contributed by atoms with Gasteiger partial charge in [0, 0.05) is 10.7 Å². The highest BCUT2D eigenvalue weighted by Gasteiger charge is 2.18. The molecule has 0 unspecified atom stereocenters. The van der Waals surface area contributed by atoms with E-state index in [1.54, 1.807) is 32.0 Å². The first-order valence-corrected chi connectivity index (χ1v) is 12.0. The molecule has 32 heavy (non-hydrogen) atoms. The van der Waals surface area contributed by atoms with Crippen LogP contribution in [0, 0.1) is 6.92 Å². The van der Waals surface area contributed by atoms with Gasteiger partial charge in [0.15, 0.2) is 6.10 Å². The van der Waals surface area contributed by atoms with Crippen LogP contribution >= 0.6 is 11.6 Å². The normalized spacial score (nSPS) is 12.1. The highest BCUT2D eigenvalue weighted by atomic mass is 35.5. The molecule has 0 saturated carbocycles. The molecule has 1 amide bonds. The summed E-state index contributed by atoms with van der Waals surface area (Å²) in [5, 5.41) is 3.18. The van der Waals surface area contributed by atoms with Crippen LogP contribution in [0.4, 0.5) is 11.4 Å². The second-order valence-corrected chi connectivity index (χ2v) is 9.42. The van der Waals surface area contributed by atoms with Crippen molar-refractivity contribution in [2.24, 2.45) is 0 Å². The Morgan fingerprint density at radius 3 is 2.44 bits per heavy atom. The molecule has 0 spiro atoms. The summed E-state index contributed by atoms with van der Waals surface area (Å²) < 4.78 is 33.8. The summed E-state index contributed by atoms with van der Waals surface area (Å²) in [5.74, 6) is 0.334. The van der Waals surface area contributed by atoms with E-state index in [2.05, 4.69) is 10.0 Å². The summed E-state index contributed by atoms with van der Waals surface area (Å²) in [6.07, 6.45) is 0.0713. The number of carbonyl (C=O) groups is 1. The molecule has 0 aliphatic carbocycles. The molecule has 8 heteroatoms. The minimum absolute atomic E-state index is 0.0658. The van der Waals surface area contributed by atoms with Gasteiger partial charge in [-0.25, -0.2) is 8.42 Å². The first-order valence-electron chi connectivity index (χ1n) is 10.1. The van der Waals surface area contributed by atoms with Crippen molar-refractivity contribution in [2.45, 2.75) is 38.2 Å². The summed E-state index contributed by atoms with van der Waals surface area (Å²) in [7, 11) is -3.81. The second-order valence-electron chi connectivity index (χ2n) is 7.30. The Kier molecular flexibility index (Phi) is 7.43. The predicted octanol–water partition coefficient (Wildman–Crippen LogP) is 5.42. The Balaban J connectivity index is 1.67. The molecule has 1 atom stereocenters. The summed E-state index contributed by atoms with van der Waals surface area (Å²) in [5.41, 5.74) is 2.64. The number of amides is 1. The Bertz CT molecular complexity index is 1210. The lowest BCUT2D eigenvalue weighted by Crippen LogP contribution is -2.30. The van der Waals surface area contributed by atoms with Gasteiger partial charge in [-0.05, 0) is 73.9 Å². The van der Waals surface area contributed by atoms with E-state index >= 15 is 0 Å². The Morgan fingerprint density at radius 2 is 1.75 bits per heavy atom. The van der Waals surface area contributed by atoms with Crippen LogP contribution < -0.4 is 14.8 Å². The number of rotatable bonds is 8. The highest BCUT2D eigenvalue weighted by molar-refractivity contribution is 7.92. The van der Waals surface area contributed by atoms with Gasteiger partial charge in [-0.1, -0.05) is 42.8 Å². The third kappa shape index (κ3) is 5.81. The van der Waals surface area contributed by atoms with E-state index in [1.807, 2.05) is 31.2 Å². The zero-order valence-electron chi connectivity index (χ0n) is 18.1. The van der Waals surface area contributed by atoms with Gasteiger partial charge in [-0.3, -0.25) is 9.52 Å². The Labute approximate surface area is 193 Å². The SMILES string of the molecule is CCc1ccccc1O[C@H](C)C(=O)Nc1ccc(S(=O)(=O)Nc2cc(Cl)ccc2C)cc1. The molecule has 168 valence electrons. The molecule has 0 radical (unpaired) electrons. The minimum atomic E-state index is -3.81. The van der Waals surface area contributed by atoms with E-state index in [9.17, 15) is 13.2 Å². The number of halogens is 1. The van der Waals surface area contributed by atoms with E-state index < -0.39 is 16.1 Å². The molecule has 2 N–H and O–H groups in total. The number of hydrogen-bond donors (Lipinski definition) is 2. The van der Waals surface area contributed by atoms with Crippen molar-refractivity contribution in [3.8, 4) is 5.75 Å². The fourth-order valence-electron chi connectivity index (χ4n) is 3.02. The number of benzene rings is 3. The zero-order valence-corrected chi connectivity index (χ0v) is 19.6. The maximum Gasteiger partial charge on any atom is 0.265 e. The zero-order chi connectivity index (χ0) is 23.3. The van der Waals surface area contributed by atoms with Gasteiger partial charge < -0.3 is 10.1 Å². The fraction of sp³-hybridized carbons (Fsp3) is 0.208. The number of hydrogen-bond acceptors (Lipinski definition) is 4. The number of para-hydroxylation sites is 1. The highest BCUT2D eigenvalue weighted by Crippen LogP contribution is 2.24. The van der Waals surface area contributed by atoms with Gasteiger partial charge >= 0.3 is 0 Å². The monoisotopic (exact) mass is 472 g/mol. The van der Waals surface area contributed by atoms with Crippen LogP contribution in [0.2, 0.25) is 5.02 Å². The van der Waals surface area contributed by atoms with Crippen LogP contribution in [-0.2, 0) is 21.2 Å². The molecule has 0 saturated heterocycles. The Morgan fingerprint density at radius 1 is 1.06 bits per heavy atom. The van der Waals surface area contributed by atoms with Crippen LogP contribution in [0.25, 0.3) is 0 Å². The predicted molar refractivity (Wildman–Crippen MR) is 128 cm³/mol. The second kappa shape index (κ2) is 10.1. The standard InChI is InChI=1S/C24H25ClN2O4S/c1-4-18-7-5-6-8-23(18)31-17(3)24(28)26-20-11-13-21(14-12-20)32(29,30)27-22-15-19(25)10-9-16(22)2/h5-15,17,27H,4H2,1-3H3,(H,26,28)/t17-/m1/s1. The van der Waals surface area contributed by atoms with Crippen molar-refractivity contribution >= 4 is 38.9 Å². The molecule has 0 heterocycles. The lowest BCUT2D eigenvalue weighted by atomic mass is 10.1. The van der Waals surface area contributed by atoms with Gasteiger partial charge in [-0.2, -0.15) is 0 Å². The van der Waals surface area contributed by atoms with E-state index in [0.29, 0.717) is 22.1 Å². The fourth-order valence-corrected chi connectivity index (χ4v) is 4.32. The van der Waals surface area contributed by atoms with Crippen LogP contribution in [0.15, 0.2) is 71.6 Å². The molecule has 3 rings (SSSR count). The lowest BCUT2D eigenvalue weighted by Gasteiger charge is -2.17. The smallest absolute Gasteiger partial charge is 0.265 e. The van der Waals surface area contributed by atoms with E-state index in [1.165, 1.54) is 24.3 Å². The lowest BCUT2D eigenvalue weighted by molar-refractivity contribution is -0.122. The van der Waals surface area contributed by atoms with Crippen LogP contribution in [0.1, 0.15) is 25.0 Å². The van der Waals surface area contributed by atoms with E-state index in [4.69, 9.17) is 16.3 Å². The number of aryl methyl sites for hydroxylation is 2. The van der Waals surface area contributed by atoms with E-state index in [0.717, 1.165) is 17.5 Å². The van der Waals surface area contributed by atoms with Gasteiger partial charge in [-0.15, -0.1) is 0 Å². The average molecular weight is 473 g/mol. The summed E-state index contributed by atoms with van der Waals surface area (Å²) >= 11 is 5.97. The maximum atomic E-state index is 12.7. The largest absolute Gasteiger partial charge is 0.481 e. The molecule has 0 bridgehead atoms. The molecular formula is C24H25ClN2O4S. The van der Waals surface area contributed by atoms with Gasteiger partial charge in [0.1, 0.15) is 5.75 Å².